The molecule has 1 atom stereocenters. The average molecular weight is 346 g/mol. The highest BCUT2D eigenvalue weighted by Crippen LogP contribution is 2.36. The summed E-state index contributed by atoms with van der Waals surface area (Å²) in [5.41, 5.74) is 0.397. The number of hydrogen-bond donors (Lipinski definition) is 1. The van der Waals surface area contributed by atoms with Crippen molar-refractivity contribution in [1.82, 2.24) is 5.32 Å². The Kier molecular flexibility index (Phi) is 4.54. The van der Waals surface area contributed by atoms with Crippen molar-refractivity contribution < 1.29 is 26.7 Å². The summed E-state index contributed by atoms with van der Waals surface area (Å²) in [5.74, 6) is -7.79. The maximum absolute atomic E-state index is 12.8. The SMILES string of the molecule is C[C@H](NC(=O)C(F)(F)C(F)(F)F)c1ccccc1Br. The van der Waals surface area contributed by atoms with E-state index in [0.29, 0.717) is 10.0 Å². The van der Waals surface area contributed by atoms with Gasteiger partial charge in [-0.1, -0.05) is 34.1 Å². The highest BCUT2D eigenvalue weighted by Gasteiger charge is 2.63. The summed E-state index contributed by atoms with van der Waals surface area (Å²) in [6.45, 7) is 1.31. The van der Waals surface area contributed by atoms with Gasteiger partial charge < -0.3 is 5.32 Å². The zero-order chi connectivity index (χ0) is 14.8. The monoisotopic (exact) mass is 345 g/mol. The van der Waals surface area contributed by atoms with Crippen LogP contribution in [-0.4, -0.2) is 18.0 Å². The summed E-state index contributed by atoms with van der Waals surface area (Å²) in [7, 11) is 0. The molecule has 19 heavy (non-hydrogen) atoms. The summed E-state index contributed by atoms with van der Waals surface area (Å²) in [5, 5.41) is 1.64. The van der Waals surface area contributed by atoms with Crippen molar-refractivity contribution in [2.75, 3.05) is 0 Å². The molecule has 0 radical (unpaired) electrons. The van der Waals surface area contributed by atoms with Crippen LogP contribution >= 0.6 is 15.9 Å². The number of halogens is 6. The first-order chi connectivity index (χ1) is 8.57. The van der Waals surface area contributed by atoms with Gasteiger partial charge in [0.25, 0.3) is 0 Å². The van der Waals surface area contributed by atoms with Crippen LogP contribution in [0.25, 0.3) is 0 Å². The third-order valence-corrected chi connectivity index (χ3v) is 3.08. The van der Waals surface area contributed by atoms with E-state index in [1.807, 2.05) is 0 Å². The highest BCUT2D eigenvalue weighted by atomic mass is 79.9. The van der Waals surface area contributed by atoms with E-state index < -0.39 is 24.0 Å². The van der Waals surface area contributed by atoms with E-state index in [4.69, 9.17) is 0 Å². The van der Waals surface area contributed by atoms with Crippen molar-refractivity contribution in [1.29, 1.82) is 0 Å². The molecule has 1 N–H and O–H groups in total. The van der Waals surface area contributed by atoms with E-state index >= 15 is 0 Å². The van der Waals surface area contributed by atoms with E-state index in [0.717, 1.165) is 0 Å². The van der Waals surface area contributed by atoms with Gasteiger partial charge in [0, 0.05) is 4.47 Å². The third-order valence-electron chi connectivity index (χ3n) is 2.36. The van der Waals surface area contributed by atoms with Gasteiger partial charge in [0.1, 0.15) is 0 Å². The minimum atomic E-state index is -5.91. The summed E-state index contributed by atoms with van der Waals surface area (Å²) < 4.78 is 62.0. The Morgan fingerprint density at radius 2 is 1.74 bits per heavy atom. The molecule has 0 aromatic heterocycles. The van der Waals surface area contributed by atoms with Gasteiger partial charge in [0.15, 0.2) is 0 Å². The fourth-order valence-corrected chi connectivity index (χ4v) is 1.95. The van der Waals surface area contributed by atoms with E-state index in [-0.39, 0.29) is 0 Å². The molecule has 0 aliphatic rings. The van der Waals surface area contributed by atoms with Crippen molar-refractivity contribution >= 4 is 21.8 Å². The van der Waals surface area contributed by atoms with Gasteiger partial charge in [-0.3, -0.25) is 4.79 Å². The van der Waals surface area contributed by atoms with E-state index in [9.17, 15) is 26.7 Å². The molecule has 106 valence electrons. The highest BCUT2D eigenvalue weighted by molar-refractivity contribution is 9.10. The standard InChI is InChI=1S/C11H9BrF5NO/c1-6(7-4-2-3-5-8(7)12)18-9(19)10(13,14)11(15,16)17/h2-6H,1H3,(H,18,19)/t6-/m0/s1. The molecular weight excluding hydrogens is 337 g/mol. The van der Waals surface area contributed by atoms with Gasteiger partial charge >= 0.3 is 18.0 Å². The molecule has 1 aromatic rings. The van der Waals surface area contributed by atoms with Crippen LogP contribution in [0.2, 0.25) is 0 Å². The molecule has 8 heteroatoms. The van der Waals surface area contributed by atoms with Crippen LogP contribution in [0.1, 0.15) is 18.5 Å². The van der Waals surface area contributed by atoms with E-state index in [1.165, 1.54) is 13.0 Å². The number of amides is 1. The molecule has 2 nitrogen and oxygen atoms in total. The first-order valence-corrected chi connectivity index (χ1v) is 5.86. The zero-order valence-corrected chi connectivity index (χ0v) is 11.1. The van der Waals surface area contributed by atoms with E-state index in [1.54, 1.807) is 23.5 Å². The van der Waals surface area contributed by atoms with Gasteiger partial charge in [0.2, 0.25) is 0 Å². The second-order valence-corrected chi connectivity index (χ2v) is 4.64. The maximum Gasteiger partial charge on any atom is 0.463 e. The molecule has 0 saturated heterocycles. The molecule has 1 aromatic carbocycles. The van der Waals surface area contributed by atoms with Crippen molar-refractivity contribution in [2.45, 2.75) is 25.1 Å². The largest absolute Gasteiger partial charge is 0.463 e. The van der Waals surface area contributed by atoms with Crippen LogP contribution in [0, 0.1) is 0 Å². The van der Waals surface area contributed by atoms with Crippen LogP contribution in [-0.2, 0) is 4.79 Å². The molecule has 1 amide bonds. The Morgan fingerprint density at radius 1 is 1.21 bits per heavy atom. The zero-order valence-electron chi connectivity index (χ0n) is 9.56. The van der Waals surface area contributed by atoms with Crippen LogP contribution < -0.4 is 5.32 Å². The molecule has 0 unspecified atom stereocenters. The van der Waals surface area contributed by atoms with Gasteiger partial charge in [0.05, 0.1) is 6.04 Å². The summed E-state index contributed by atoms with van der Waals surface area (Å²) in [6.07, 6.45) is -5.91. The van der Waals surface area contributed by atoms with Crippen molar-refractivity contribution in [2.24, 2.45) is 0 Å². The molecule has 0 spiro atoms. The minimum absolute atomic E-state index is 0.397. The summed E-state index contributed by atoms with van der Waals surface area (Å²) in [4.78, 5) is 11.0. The predicted octanol–water partition coefficient (Wildman–Crippen LogP) is 3.82. The summed E-state index contributed by atoms with van der Waals surface area (Å²) in [6, 6.07) is 5.31. The lowest BCUT2D eigenvalue weighted by atomic mass is 10.1. The van der Waals surface area contributed by atoms with Crippen LogP contribution in [0.15, 0.2) is 28.7 Å². The van der Waals surface area contributed by atoms with E-state index in [2.05, 4.69) is 15.9 Å². The number of carbonyl (C=O) groups excluding carboxylic acids is 1. The van der Waals surface area contributed by atoms with Gasteiger partial charge in [-0.2, -0.15) is 22.0 Å². The second-order valence-electron chi connectivity index (χ2n) is 3.79. The van der Waals surface area contributed by atoms with Crippen LogP contribution in [0.4, 0.5) is 22.0 Å². The minimum Gasteiger partial charge on any atom is -0.344 e. The van der Waals surface area contributed by atoms with Crippen molar-refractivity contribution in [3.8, 4) is 0 Å². The van der Waals surface area contributed by atoms with Gasteiger partial charge in [-0.25, -0.2) is 0 Å². The number of alkyl halides is 5. The predicted molar refractivity (Wildman–Crippen MR) is 61.7 cm³/mol. The number of carbonyl (C=O) groups is 1. The third kappa shape index (κ3) is 3.43. The lowest BCUT2D eigenvalue weighted by Crippen LogP contribution is -2.50. The first kappa shape index (κ1) is 15.9. The Morgan fingerprint density at radius 3 is 2.21 bits per heavy atom. The quantitative estimate of drug-likeness (QED) is 0.829. The molecule has 0 aliphatic heterocycles. The van der Waals surface area contributed by atoms with Crippen molar-refractivity contribution in [3.63, 3.8) is 0 Å². The van der Waals surface area contributed by atoms with Crippen LogP contribution in [0.3, 0.4) is 0 Å². The first-order valence-electron chi connectivity index (χ1n) is 5.07. The molecule has 0 aliphatic carbocycles. The molecule has 1 rings (SSSR count). The van der Waals surface area contributed by atoms with Crippen LogP contribution in [0.5, 0.6) is 0 Å². The fourth-order valence-electron chi connectivity index (χ4n) is 1.32. The fraction of sp³-hybridized carbons (Fsp3) is 0.364. The lowest BCUT2D eigenvalue weighted by molar-refractivity contribution is -0.270. The lowest BCUT2D eigenvalue weighted by Gasteiger charge is -2.22. The number of nitrogens with one attached hydrogen (secondary N) is 1. The Balaban J connectivity index is 2.87. The Bertz CT molecular complexity index is 474. The Labute approximate surface area is 114 Å². The second kappa shape index (κ2) is 5.44. The number of hydrogen-bond acceptors (Lipinski definition) is 1. The molecular formula is C11H9BrF5NO. The molecule has 0 bridgehead atoms. The normalized spacial score (nSPS) is 14.1. The molecule has 0 heterocycles. The number of benzene rings is 1. The topological polar surface area (TPSA) is 29.1 Å². The van der Waals surface area contributed by atoms with Crippen molar-refractivity contribution in [3.05, 3.63) is 34.3 Å². The number of rotatable bonds is 3. The smallest absolute Gasteiger partial charge is 0.344 e. The van der Waals surface area contributed by atoms with Gasteiger partial charge in [-0.05, 0) is 18.6 Å². The average Bonchev–Trinajstić information content (AvgIpc) is 2.27. The maximum atomic E-state index is 12.8. The summed E-state index contributed by atoms with van der Waals surface area (Å²) >= 11 is 3.12. The molecule has 0 fully saturated rings. The van der Waals surface area contributed by atoms with Gasteiger partial charge in [-0.15, -0.1) is 0 Å². The Hall–Kier alpha value is -1.18. The molecule has 0 saturated carbocycles.